The second-order valence-electron chi connectivity index (χ2n) is 7.82. The van der Waals surface area contributed by atoms with Crippen molar-refractivity contribution < 1.29 is 8.42 Å². The molecule has 0 aliphatic rings. The van der Waals surface area contributed by atoms with E-state index in [0.29, 0.717) is 13.0 Å². The van der Waals surface area contributed by atoms with E-state index >= 15 is 0 Å². The number of sulfone groups is 1. The fourth-order valence-electron chi connectivity index (χ4n) is 2.70. The lowest BCUT2D eigenvalue weighted by Crippen LogP contribution is -2.45. The molecule has 0 aromatic heterocycles. The summed E-state index contributed by atoms with van der Waals surface area (Å²) in [6, 6.07) is 8.52. The Kier molecular flexibility index (Phi) is 12.1. The zero-order valence-corrected chi connectivity index (χ0v) is 21.2. The highest BCUT2D eigenvalue weighted by molar-refractivity contribution is 14.0. The summed E-state index contributed by atoms with van der Waals surface area (Å²) in [5, 5.41) is 6.65. The van der Waals surface area contributed by atoms with Crippen molar-refractivity contribution in [1.29, 1.82) is 0 Å². The van der Waals surface area contributed by atoms with Gasteiger partial charge in [0.15, 0.2) is 5.96 Å². The van der Waals surface area contributed by atoms with Gasteiger partial charge in [0.2, 0.25) is 0 Å². The largest absolute Gasteiger partial charge is 0.370 e. The minimum atomic E-state index is -2.94. The van der Waals surface area contributed by atoms with Gasteiger partial charge in [0.1, 0.15) is 9.84 Å². The smallest absolute Gasteiger partial charge is 0.191 e. The number of anilines is 1. The first kappa shape index (κ1) is 27.0. The highest BCUT2D eigenvalue weighted by atomic mass is 127. The van der Waals surface area contributed by atoms with Gasteiger partial charge in [-0.05, 0) is 43.4 Å². The maximum atomic E-state index is 11.4. The Bertz CT molecular complexity index is 721. The van der Waals surface area contributed by atoms with E-state index in [1.807, 2.05) is 0 Å². The van der Waals surface area contributed by atoms with Crippen LogP contribution in [0, 0.1) is 12.3 Å². The van der Waals surface area contributed by atoms with Crippen molar-refractivity contribution in [2.45, 2.75) is 34.1 Å². The lowest BCUT2D eigenvalue weighted by molar-refractivity contribution is 0.348. The van der Waals surface area contributed by atoms with Crippen molar-refractivity contribution in [1.82, 2.24) is 10.6 Å². The quantitative estimate of drug-likeness (QED) is 0.280. The van der Waals surface area contributed by atoms with Crippen LogP contribution in [0.1, 0.15) is 32.8 Å². The Balaban J connectivity index is 0.00000729. The molecule has 0 heterocycles. The molecule has 0 radical (unpaired) electrons. The number of guanidine groups is 1. The molecule has 0 aliphatic carbocycles. The summed E-state index contributed by atoms with van der Waals surface area (Å²) in [6.07, 6.45) is 1.90. The molecule has 1 rings (SSSR count). The second kappa shape index (κ2) is 12.5. The number of benzene rings is 1. The summed E-state index contributed by atoms with van der Waals surface area (Å²) in [5.74, 6) is 0.943. The van der Waals surface area contributed by atoms with E-state index in [4.69, 9.17) is 0 Å². The molecule has 0 spiro atoms. The number of likely N-dealkylation sites (N-methyl/N-ethyl adjacent to an activating group) is 1. The molecule has 1 aromatic rings. The molecule has 0 aliphatic heterocycles. The first-order chi connectivity index (χ1) is 12.6. The molecule has 8 heteroatoms. The van der Waals surface area contributed by atoms with Gasteiger partial charge in [-0.2, -0.15) is 0 Å². The number of aryl methyl sites for hydroxylation is 1. The van der Waals surface area contributed by atoms with E-state index < -0.39 is 9.84 Å². The zero-order chi connectivity index (χ0) is 20.5. The lowest BCUT2D eigenvalue weighted by Gasteiger charge is -2.27. The molecule has 0 unspecified atom stereocenters. The van der Waals surface area contributed by atoms with Crippen molar-refractivity contribution in [3.8, 4) is 0 Å². The number of hydrogen-bond donors (Lipinski definition) is 2. The van der Waals surface area contributed by atoms with Crippen molar-refractivity contribution >= 4 is 45.5 Å². The zero-order valence-electron chi connectivity index (χ0n) is 18.1. The molecule has 0 amide bonds. The van der Waals surface area contributed by atoms with Crippen molar-refractivity contribution in [2.75, 3.05) is 50.1 Å². The van der Waals surface area contributed by atoms with Crippen LogP contribution in [0.2, 0.25) is 0 Å². The van der Waals surface area contributed by atoms with E-state index in [1.54, 1.807) is 7.05 Å². The Hall–Kier alpha value is -1.03. The molecule has 28 heavy (non-hydrogen) atoms. The minimum Gasteiger partial charge on any atom is -0.370 e. The average Bonchev–Trinajstić information content (AvgIpc) is 2.59. The van der Waals surface area contributed by atoms with E-state index in [1.165, 1.54) is 17.5 Å². The molecule has 162 valence electrons. The van der Waals surface area contributed by atoms with Gasteiger partial charge in [0.25, 0.3) is 0 Å². The first-order valence-corrected chi connectivity index (χ1v) is 11.6. The summed E-state index contributed by atoms with van der Waals surface area (Å²) in [5.41, 5.74) is 2.36. The van der Waals surface area contributed by atoms with Gasteiger partial charge in [-0.25, -0.2) is 8.42 Å². The van der Waals surface area contributed by atoms with E-state index in [9.17, 15) is 8.42 Å². The predicted octanol–water partition coefficient (Wildman–Crippen LogP) is 3.07. The third kappa shape index (κ3) is 11.1. The monoisotopic (exact) mass is 524 g/mol. The molecule has 0 bridgehead atoms. The van der Waals surface area contributed by atoms with E-state index in [0.717, 1.165) is 25.6 Å². The lowest BCUT2D eigenvalue weighted by atomic mass is 9.90. The molecule has 1 aromatic carbocycles. The van der Waals surface area contributed by atoms with Gasteiger partial charge in [-0.3, -0.25) is 4.99 Å². The number of nitrogens with zero attached hydrogens (tertiary/aromatic N) is 2. The van der Waals surface area contributed by atoms with Gasteiger partial charge >= 0.3 is 0 Å². The van der Waals surface area contributed by atoms with Crippen molar-refractivity contribution in [3.05, 3.63) is 29.8 Å². The maximum Gasteiger partial charge on any atom is 0.191 e. The Morgan fingerprint density at radius 2 is 1.93 bits per heavy atom. The fourth-order valence-corrected chi connectivity index (χ4v) is 3.62. The van der Waals surface area contributed by atoms with Crippen LogP contribution in [0.3, 0.4) is 0 Å². The molecule has 2 N–H and O–H groups in total. The molecule has 0 saturated heterocycles. The van der Waals surface area contributed by atoms with Gasteiger partial charge in [-0.15, -0.1) is 24.0 Å². The molecule has 0 fully saturated rings. The Labute approximate surface area is 188 Å². The SMILES string of the molecule is CCN(CCNC(=NC)NCC(C)(C)CCS(C)(=O)=O)c1cccc(C)c1.I. The number of nitrogens with one attached hydrogen (secondary N) is 2. The van der Waals surface area contributed by atoms with Crippen LogP contribution in [-0.4, -0.2) is 59.6 Å². The van der Waals surface area contributed by atoms with E-state index in [2.05, 4.69) is 72.5 Å². The third-order valence-electron chi connectivity index (χ3n) is 4.53. The molecular formula is C20H37IN4O2S. The van der Waals surface area contributed by atoms with Crippen LogP contribution >= 0.6 is 24.0 Å². The summed E-state index contributed by atoms with van der Waals surface area (Å²) in [6.45, 7) is 11.6. The van der Waals surface area contributed by atoms with Crippen LogP contribution in [0.5, 0.6) is 0 Å². The standard InChI is InChI=1S/C20H36N4O2S.HI/c1-7-24(18-10-8-9-17(2)15-18)13-12-22-19(21-5)23-16-20(3,4)11-14-27(6,25)26;/h8-10,15H,7,11-14,16H2,1-6H3,(H2,21,22,23);1H. The molecular weight excluding hydrogens is 487 g/mol. The van der Waals surface area contributed by atoms with Crippen LogP contribution in [0.4, 0.5) is 5.69 Å². The molecule has 0 atom stereocenters. The van der Waals surface area contributed by atoms with Crippen LogP contribution in [0.15, 0.2) is 29.3 Å². The van der Waals surface area contributed by atoms with Crippen LogP contribution in [-0.2, 0) is 9.84 Å². The van der Waals surface area contributed by atoms with Crippen LogP contribution in [0.25, 0.3) is 0 Å². The van der Waals surface area contributed by atoms with Gasteiger partial charge < -0.3 is 15.5 Å². The van der Waals surface area contributed by atoms with Gasteiger partial charge in [0, 0.05) is 45.2 Å². The number of hydrogen-bond acceptors (Lipinski definition) is 4. The summed E-state index contributed by atoms with van der Waals surface area (Å²) in [4.78, 5) is 6.59. The molecule has 0 saturated carbocycles. The number of aliphatic imine (C=N–C) groups is 1. The Morgan fingerprint density at radius 3 is 2.46 bits per heavy atom. The van der Waals surface area contributed by atoms with Crippen molar-refractivity contribution in [2.24, 2.45) is 10.4 Å². The molecule has 6 nitrogen and oxygen atoms in total. The fraction of sp³-hybridized carbons (Fsp3) is 0.650. The highest BCUT2D eigenvalue weighted by Crippen LogP contribution is 2.19. The van der Waals surface area contributed by atoms with Crippen molar-refractivity contribution in [3.63, 3.8) is 0 Å². The predicted molar refractivity (Wildman–Crippen MR) is 132 cm³/mol. The second-order valence-corrected chi connectivity index (χ2v) is 10.1. The first-order valence-electron chi connectivity index (χ1n) is 9.50. The number of halogens is 1. The highest BCUT2D eigenvalue weighted by Gasteiger charge is 2.20. The van der Waals surface area contributed by atoms with Gasteiger partial charge in [0.05, 0.1) is 5.75 Å². The van der Waals surface area contributed by atoms with E-state index in [-0.39, 0.29) is 35.1 Å². The average molecular weight is 525 g/mol. The third-order valence-corrected chi connectivity index (χ3v) is 5.48. The topological polar surface area (TPSA) is 73.8 Å². The number of rotatable bonds is 10. The summed E-state index contributed by atoms with van der Waals surface area (Å²) >= 11 is 0. The maximum absolute atomic E-state index is 11.4. The normalized spacial score (nSPS) is 12.3. The Morgan fingerprint density at radius 1 is 1.25 bits per heavy atom. The summed E-state index contributed by atoms with van der Waals surface area (Å²) in [7, 11) is -1.19. The minimum absolute atomic E-state index is 0. The van der Waals surface area contributed by atoms with Crippen LogP contribution < -0.4 is 15.5 Å². The summed E-state index contributed by atoms with van der Waals surface area (Å²) < 4.78 is 22.8. The van der Waals surface area contributed by atoms with Gasteiger partial charge in [-0.1, -0.05) is 26.0 Å².